The summed E-state index contributed by atoms with van der Waals surface area (Å²) in [6.45, 7) is 7.05. The van der Waals surface area contributed by atoms with Crippen LogP contribution in [0, 0.1) is 12.7 Å². The Balaban J connectivity index is 1.46. The van der Waals surface area contributed by atoms with Crippen molar-refractivity contribution in [1.82, 2.24) is 4.98 Å². The topological polar surface area (TPSA) is 78.9 Å². The molecule has 0 radical (unpaired) electrons. The van der Waals surface area contributed by atoms with E-state index in [2.05, 4.69) is 15.3 Å². The van der Waals surface area contributed by atoms with Gasteiger partial charge in [0, 0.05) is 23.8 Å². The number of aryl methyl sites for hydroxylation is 1. The number of anilines is 1. The number of fused-ring (bicyclic) bond motifs is 1. The molecule has 6 nitrogen and oxygen atoms in total. The third-order valence-electron chi connectivity index (χ3n) is 4.92. The second-order valence-corrected chi connectivity index (χ2v) is 7.67. The van der Waals surface area contributed by atoms with Gasteiger partial charge in [-0.15, -0.1) is 0 Å². The molecular weight excluding hydrogens is 373 g/mol. The van der Waals surface area contributed by atoms with Crippen molar-refractivity contribution in [3.63, 3.8) is 0 Å². The molecule has 0 amide bonds. The minimum absolute atomic E-state index is 0.0109. The van der Waals surface area contributed by atoms with Crippen LogP contribution < -0.4 is 5.32 Å². The third-order valence-corrected chi connectivity index (χ3v) is 4.92. The molecule has 3 aromatic rings. The van der Waals surface area contributed by atoms with Gasteiger partial charge in [0.25, 0.3) is 0 Å². The molecule has 0 saturated carbocycles. The summed E-state index contributed by atoms with van der Waals surface area (Å²) in [5, 5.41) is 14.2. The molecule has 1 saturated heterocycles. The summed E-state index contributed by atoms with van der Waals surface area (Å²) in [6, 6.07) is 10.1. The predicted octanol–water partition coefficient (Wildman–Crippen LogP) is 4.64. The van der Waals surface area contributed by atoms with Crippen LogP contribution in [0.25, 0.3) is 10.9 Å². The van der Waals surface area contributed by atoms with Crippen LogP contribution in [0.2, 0.25) is 0 Å². The van der Waals surface area contributed by atoms with Gasteiger partial charge in [-0.25, -0.2) is 4.39 Å². The first-order valence-electron chi connectivity index (χ1n) is 9.51. The van der Waals surface area contributed by atoms with E-state index in [1.165, 1.54) is 12.1 Å². The molecule has 2 aromatic carbocycles. The molecule has 7 heteroatoms. The van der Waals surface area contributed by atoms with Crippen molar-refractivity contribution in [2.75, 3.05) is 18.5 Å². The lowest BCUT2D eigenvalue weighted by molar-refractivity contribution is -0.136. The summed E-state index contributed by atoms with van der Waals surface area (Å²) in [5.74, 6) is -0.926. The average Bonchev–Trinajstić information content (AvgIpc) is 3.16. The highest BCUT2D eigenvalue weighted by atomic mass is 19.1. The number of aromatic amines is 1. The van der Waals surface area contributed by atoms with Gasteiger partial charge in [-0.3, -0.25) is 4.99 Å². The van der Waals surface area contributed by atoms with E-state index in [4.69, 9.17) is 9.47 Å². The van der Waals surface area contributed by atoms with Gasteiger partial charge in [-0.1, -0.05) is 0 Å². The number of ether oxygens (including phenoxy) is 2. The summed E-state index contributed by atoms with van der Waals surface area (Å²) < 4.78 is 24.7. The summed E-state index contributed by atoms with van der Waals surface area (Å²) in [6.07, 6.45) is 1.59. The van der Waals surface area contributed by atoms with Crippen LogP contribution in [0.3, 0.4) is 0 Å². The van der Waals surface area contributed by atoms with Gasteiger partial charge in [0.1, 0.15) is 11.9 Å². The molecule has 1 fully saturated rings. The second kappa shape index (κ2) is 7.50. The summed E-state index contributed by atoms with van der Waals surface area (Å²) >= 11 is 0. The maximum atomic E-state index is 13.4. The number of halogens is 1. The number of hydrogen-bond donors (Lipinski definition) is 3. The molecule has 3 N–H and O–H groups in total. The van der Waals surface area contributed by atoms with Crippen molar-refractivity contribution >= 4 is 28.5 Å². The Hall–Kier alpha value is -2.90. The fraction of sp³-hybridized carbons (Fsp3) is 0.318. The van der Waals surface area contributed by atoms with Gasteiger partial charge < -0.3 is 24.9 Å². The summed E-state index contributed by atoms with van der Waals surface area (Å²) in [7, 11) is 0. The maximum Gasteiger partial charge on any atom is 0.198 e. The van der Waals surface area contributed by atoms with Gasteiger partial charge in [-0.05, 0) is 62.7 Å². The number of rotatable bonds is 5. The molecule has 0 bridgehead atoms. The zero-order valence-corrected chi connectivity index (χ0v) is 16.6. The molecule has 1 unspecified atom stereocenters. The SMILES string of the molecule is Cc1cc(N=Cc2c(O)[nH]c3cc(F)ccc23)ccc1NCC1COC(C)(C)O1. The quantitative estimate of drug-likeness (QED) is 0.548. The van der Waals surface area contributed by atoms with Gasteiger partial charge >= 0.3 is 0 Å². The molecule has 1 aromatic heterocycles. The van der Waals surface area contributed by atoms with E-state index in [0.29, 0.717) is 29.6 Å². The van der Waals surface area contributed by atoms with E-state index in [1.54, 1.807) is 12.3 Å². The Morgan fingerprint density at radius 2 is 2.14 bits per heavy atom. The third kappa shape index (κ3) is 4.26. The molecule has 152 valence electrons. The zero-order valence-electron chi connectivity index (χ0n) is 16.6. The van der Waals surface area contributed by atoms with Crippen LogP contribution in [-0.2, 0) is 9.47 Å². The van der Waals surface area contributed by atoms with Gasteiger partial charge in [-0.2, -0.15) is 0 Å². The number of hydrogen-bond acceptors (Lipinski definition) is 5. The van der Waals surface area contributed by atoms with Gasteiger partial charge in [0.05, 0.1) is 23.4 Å². The number of aromatic nitrogens is 1. The predicted molar refractivity (Wildman–Crippen MR) is 112 cm³/mol. The summed E-state index contributed by atoms with van der Waals surface area (Å²) in [4.78, 5) is 7.24. The van der Waals surface area contributed by atoms with E-state index in [-0.39, 0.29) is 17.8 Å². The van der Waals surface area contributed by atoms with Crippen LogP contribution in [0.4, 0.5) is 15.8 Å². The molecule has 1 aliphatic heterocycles. The molecule has 2 heterocycles. The fourth-order valence-corrected chi connectivity index (χ4v) is 3.46. The van der Waals surface area contributed by atoms with Gasteiger partial charge in [0.2, 0.25) is 0 Å². The molecule has 0 aliphatic carbocycles. The monoisotopic (exact) mass is 397 g/mol. The highest BCUT2D eigenvalue weighted by molar-refractivity contribution is 6.02. The van der Waals surface area contributed by atoms with Crippen molar-refractivity contribution in [1.29, 1.82) is 0 Å². The smallest absolute Gasteiger partial charge is 0.198 e. The number of aromatic hydroxyl groups is 1. The van der Waals surface area contributed by atoms with Crippen LogP contribution in [0.5, 0.6) is 5.88 Å². The van der Waals surface area contributed by atoms with Crippen LogP contribution >= 0.6 is 0 Å². The van der Waals surface area contributed by atoms with Crippen molar-refractivity contribution in [3.05, 3.63) is 53.3 Å². The van der Waals surface area contributed by atoms with Crippen molar-refractivity contribution in [2.24, 2.45) is 4.99 Å². The van der Waals surface area contributed by atoms with Crippen molar-refractivity contribution < 1.29 is 19.0 Å². The number of aliphatic imine (C=N–C) groups is 1. The minimum atomic E-state index is -0.528. The highest BCUT2D eigenvalue weighted by Gasteiger charge is 2.32. The Morgan fingerprint density at radius 3 is 2.86 bits per heavy atom. The van der Waals surface area contributed by atoms with E-state index >= 15 is 0 Å². The van der Waals surface area contributed by atoms with Crippen molar-refractivity contribution in [2.45, 2.75) is 32.7 Å². The fourth-order valence-electron chi connectivity index (χ4n) is 3.46. The first kappa shape index (κ1) is 19.4. The van der Waals surface area contributed by atoms with Crippen LogP contribution in [0.1, 0.15) is 25.0 Å². The number of nitrogens with one attached hydrogen (secondary N) is 2. The minimum Gasteiger partial charge on any atom is -0.494 e. The lowest BCUT2D eigenvalue weighted by Crippen LogP contribution is -2.26. The second-order valence-electron chi connectivity index (χ2n) is 7.67. The molecule has 4 rings (SSSR count). The first-order chi connectivity index (χ1) is 13.8. The van der Waals surface area contributed by atoms with E-state index in [9.17, 15) is 9.50 Å². The zero-order chi connectivity index (χ0) is 20.6. The summed E-state index contributed by atoms with van der Waals surface area (Å²) in [5.41, 5.74) is 3.86. The maximum absolute atomic E-state index is 13.4. The van der Waals surface area contributed by atoms with E-state index < -0.39 is 5.79 Å². The lowest BCUT2D eigenvalue weighted by atomic mass is 10.1. The standard InChI is InChI=1S/C22H24FN3O3/c1-13-8-15(5-7-19(13)25-10-16-12-28-22(2,3)29-16)24-11-18-17-6-4-14(23)9-20(17)26-21(18)27/h4-9,11,16,25-27H,10,12H2,1-3H3. The van der Waals surface area contributed by atoms with Crippen LogP contribution in [0.15, 0.2) is 41.4 Å². The average molecular weight is 397 g/mol. The molecular formula is C22H24FN3O3. The molecule has 29 heavy (non-hydrogen) atoms. The van der Waals surface area contributed by atoms with Crippen LogP contribution in [-0.4, -0.2) is 41.3 Å². The molecule has 1 aliphatic rings. The van der Waals surface area contributed by atoms with Gasteiger partial charge in [0.15, 0.2) is 11.7 Å². The molecule has 0 spiro atoms. The van der Waals surface area contributed by atoms with E-state index in [0.717, 1.165) is 16.9 Å². The van der Waals surface area contributed by atoms with Crippen molar-refractivity contribution in [3.8, 4) is 5.88 Å². The van der Waals surface area contributed by atoms with E-state index in [1.807, 2.05) is 39.0 Å². The molecule has 1 atom stereocenters. The normalized spacial score (nSPS) is 18.7. The number of nitrogens with zero attached hydrogens (tertiary/aromatic N) is 1. The highest BCUT2D eigenvalue weighted by Crippen LogP contribution is 2.28. The Morgan fingerprint density at radius 1 is 1.31 bits per heavy atom. The largest absolute Gasteiger partial charge is 0.494 e. The Labute approximate surface area is 168 Å². The Kier molecular flexibility index (Phi) is 5.02. The number of H-pyrrole nitrogens is 1. The number of benzene rings is 2. The first-order valence-corrected chi connectivity index (χ1v) is 9.51. The lowest BCUT2D eigenvalue weighted by Gasteiger charge is -2.18. The Bertz CT molecular complexity index is 1070.